The van der Waals surface area contributed by atoms with E-state index in [0.29, 0.717) is 5.76 Å². The van der Waals surface area contributed by atoms with E-state index >= 15 is 0 Å². The highest BCUT2D eigenvalue weighted by Crippen LogP contribution is 2.09. The Hall–Kier alpha value is -1.13. The van der Waals surface area contributed by atoms with E-state index in [4.69, 9.17) is 14.6 Å². The van der Waals surface area contributed by atoms with Crippen LogP contribution < -0.4 is 0 Å². The van der Waals surface area contributed by atoms with E-state index in [2.05, 4.69) is 0 Å². The summed E-state index contributed by atoms with van der Waals surface area (Å²) in [6, 6.07) is 2.93. The monoisotopic (exact) mass is 170 g/mol. The van der Waals surface area contributed by atoms with Crippen LogP contribution in [0.1, 0.15) is 23.2 Å². The summed E-state index contributed by atoms with van der Waals surface area (Å²) in [5, 5.41) is 17.5. The third kappa shape index (κ3) is 1.72. The molecule has 66 valence electrons. The van der Waals surface area contributed by atoms with Gasteiger partial charge in [0, 0.05) is 0 Å². The van der Waals surface area contributed by atoms with Crippen LogP contribution in [0.5, 0.6) is 0 Å². The minimum absolute atomic E-state index is 0.0778. The number of hydrogen-bond acceptors (Lipinski definition) is 4. The van der Waals surface area contributed by atoms with Gasteiger partial charge in [0.05, 0.1) is 0 Å². The zero-order valence-electron chi connectivity index (χ0n) is 6.65. The quantitative estimate of drug-likeness (QED) is 0.641. The van der Waals surface area contributed by atoms with Crippen molar-refractivity contribution >= 4 is 5.78 Å². The number of carbonyl (C=O) groups is 1. The van der Waals surface area contributed by atoms with E-state index in [-0.39, 0.29) is 12.4 Å². The summed E-state index contributed by atoms with van der Waals surface area (Å²) >= 11 is 0. The number of carbonyl (C=O) groups excluding carboxylic acids is 1. The summed E-state index contributed by atoms with van der Waals surface area (Å²) in [5.41, 5.74) is 0. The standard InChI is InChI=1S/C8H10O4/c1-5(10)8(11)7-3-2-6(4-9)12-7/h2-3,5,9-10H,4H2,1H3/t5-/m1/s1. The van der Waals surface area contributed by atoms with Crippen LogP contribution in [0.4, 0.5) is 0 Å². The van der Waals surface area contributed by atoms with E-state index in [1.165, 1.54) is 19.1 Å². The van der Waals surface area contributed by atoms with Crippen molar-refractivity contribution in [2.45, 2.75) is 19.6 Å². The number of furan rings is 1. The largest absolute Gasteiger partial charge is 0.455 e. The summed E-state index contributed by atoms with van der Waals surface area (Å²) in [4.78, 5) is 11.0. The fourth-order valence-electron chi connectivity index (χ4n) is 0.801. The van der Waals surface area contributed by atoms with Crippen LogP contribution in [-0.2, 0) is 6.61 Å². The van der Waals surface area contributed by atoms with Crippen molar-refractivity contribution in [3.8, 4) is 0 Å². The second-order valence-electron chi connectivity index (χ2n) is 2.46. The molecule has 0 aliphatic heterocycles. The van der Waals surface area contributed by atoms with Crippen molar-refractivity contribution < 1.29 is 19.4 Å². The maximum atomic E-state index is 11.0. The Labute approximate surface area is 69.4 Å². The maximum absolute atomic E-state index is 11.0. The van der Waals surface area contributed by atoms with Crippen molar-refractivity contribution in [3.63, 3.8) is 0 Å². The molecule has 0 saturated carbocycles. The first kappa shape index (κ1) is 8.96. The lowest BCUT2D eigenvalue weighted by Gasteiger charge is -1.97. The van der Waals surface area contributed by atoms with E-state index in [1.54, 1.807) is 0 Å². The number of ketones is 1. The SMILES string of the molecule is C[C@@H](O)C(=O)c1ccc(CO)o1. The summed E-state index contributed by atoms with van der Waals surface area (Å²) in [6.45, 7) is 1.12. The highest BCUT2D eigenvalue weighted by Gasteiger charge is 2.15. The highest BCUT2D eigenvalue weighted by atomic mass is 16.4. The minimum atomic E-state index is -1.07. The van der Waals surface area contributed by atoms with E-state index in [1.807, 2.05) is 0 Å². The molecule has 0 amide bonds. The summed E-state index contributed by atoms with van der Waals surface area (Å²) in [7, 11) is 0. The molecule has 1 rings (SSSR count). The molecule has 4 heteroatoms. The average molecular weight is 170 g/mol. The number of hydrogen-bond donors (Lipinski definition) is 2. The number of rotatable bonds is 3. The molecule has 0 aromatic carbocycles. The maximum Gasteiger partial charge on any atom is 0.226 e. The van der Waals surface area contributed by atoms with Crippen LogP contribution in [0.15, 0.2) is 16.5 Å². The fourth-order valence-corrected chi connectivity index (χ4v) is 0.801. The summed E-state index contributed by atoms with van der Waals surface area (Å²) in [5.74, 6) is -0.0808. The topological polar surface area (TPSA) is 70.7 Å². The molecule has 0 aliphatic carbocycles. The smallest absolute Gasteiger partial charge is 0.226 e. The number of aliphatic hydroxyl groups excluding tert-OH is 2. The Bertz CT molecular complexity index is 274. The van der Waals surface area contributed by atoms with E-state index in [9.17, 15) is 4.79 Å². The molecule has 1 aromatic heterocycles. The Balaban J connectivity index is 2.82. The van der Waals surface area contributed by atoms with Crippen LogP contribution in [0.2, 0.25) is 0 Å². The lowest BCUT2D eigenvalue weighted by atomic mass is 10.2. The third-order valence-corrected chi connectivity index (χ3v) is 1.44. The molecule has 1 atom stereocenters. The zero-order chi connectivity index (χ0) is 9.14. The van der Waals surface area contributed by atoms with Gasteiger partial charge in [-0.05, 0) is 19.1 Å². The minimum Gasteiger partial charge on any atom is -0.455 e. The lowest BCUT2D eigenvalue weighted by molar-refractivity contribution is 0.0745. The van der Waals surface area contributed by atoms with Gasteiger partial charge in [0.15, 0.2) is 5.76 Å². The van der Waals surface area contributed by atoms with Gasteiger partial charge in [-0.1, -0.05) is 0 Å². The molecular formula is C8H10O4. The normalized spacial score (nSPS) is 12.9. The molecule has 0 bridgehead atoms. The summed E-state index contributed by atoms with van der Waals surface area (Å²) in [6.07, 6.45) is -1.07. The molecule has 4 nitrogen and oxygen atoms in total. The number of Topliss-reactive ketones (excluding diaryl/α,β-unsaturated/α-hetero) is 1. The second-order valence-corrected chi connectivity index (χ2v) is 2.46. The fraction of sp³-hybridized carbons (Fsp3) is 0.375. The van der Waals surface area contributed by atoms with Crippen molar-refractivity contribution in [1.82, 2.24) is 0 Å². The van der Waals surface area contributed by atoms with E-state index < -0.39 is 11.9 Å². The molecule has 0 fully saturated rings. The van der Waals surface area contributed by atoms with Gasteiger partial charge in [-0.25, -0.2) is 0 Å². The predicted molar refractivity (Wildman–Crippen MR) is 40.6 cm³/mol. The van der Waals surface area contributed by atoms with Gasteiger partial charge in [-0.2, -0.15) is 0 Å². The zero-order valence-corrected chi connectivity index (χ0v) is 6.65. The molecule has 0 saturated heterocycles. The predicted octanol–water partition coefficient (Wildman–Crippen LogP) is 0.335. The first-order chi connectivity index (χ1) is 5.65. The first-order valence-corrected chi connectivity index (χ1v) is 3.57. The van der Waals surface area contributed by atoms with Gasteiger partial charge in [-0.15, -0.1) is 0 Å². The Morgan fingerprint density at radius 1 is 1.67 bits per heavy atom. The van der Waals surface area contributed by atoms with Crippen molar-refractivity contribution in [2.24, 2.45) is 0 Å². The molecule has 0 unspecified atom stereocenters. The average Bonchev–Trinajstić information content (AvgIpc) is 2.50. The van der Waals surface area contributed by atoms with Crippen molar-refractivity contribution in [3.05, 3.63) is 23.7 Å². The van der Waals surface area contributed by atoms with Gasteiger partial charge in [0.1, 0.15) is 18.5 Å². The molecule has 0 aliphatic rings. The van der Waals surface area contributed by atoms with Crippen LogP contribution in [-0.4, -0.2) is 22.1 Å². The molecule has 0 spiro atoms. The van der Waals surface area contributed by atoms with Gasteiger partial charge in [-0.3, -0.25) is 4.79 Å². The lowest BCUT2D eigenvalue weighted by Crippen LogP contribution is -2.15. The molecule has 2 N–H and O–H groups in total. The molecule has 0 radical (unpaired) electrons. The van der Waals surface area contributed by atoms with Crippen LogP contribution in [0, 0.1) is 0 Å². The molecule has 12 heavy (non-hydrogen) atoms. The van der Waals surface area contributed by atoms with Crippen molar-refractivity contribution in [2.75, 3.05) is 0 Å². The van der Waals surface area contributed by atoms with Crippen molar-refractivity contribution in [1.29, 1.82) is 0 Å². The van der Waals surface area contributed by atoms with Crippen LogP contribution in [0.3, 0.4) is 0 Å². The van der Waals surface area contributed by atoms with Gasteiger partial charge >= 0.3 is 0 Å². The second kappa shape index (κ2) is 3.51. The highest BCUT2D eigenvalue weighted by molar-refractivity contribution is 5.96. The van der Waals surface area contributed by atoms with Crippen LogP contribution >= 0.6 is 0 Å². The molecule has 1 aromatic rings. The van der Waals surface area contributed by atoms with E-state index in [0.717, 1.165) is 0 Å². The Kier molecular flexibility index (Phi) is 2.62. The number of aliphatic hydroxyl groups is 2. The molecule has 1 heterocycles. The Morgan fingerprint density at radius 3 is 2.75 bits per heavy atom. The first-order valence-electron chi connectivity index (χ1n) is 3.57. The van der Waals surface area contributed by atoms with Gasteiger partial charge in [0.2, 0.25) is 5.78 Å². The molecular weight excluding hydrogens is 160 g/mol. The summed E-state index contributed by atoms with van der Waals surface area (Å²) < 4.78 is 4.90. The van der Waals surface area contributed by atoms with Gasteiger partial charge < -0.3 is 14.6 Å². The van der Waals surface area contributed by atoms with Gasteiger partial charge in [0.25, 0.3) is 0 Å². The Morgan fingerprint density at radius 2 is 2.33 bits per heavy atom. The third-order valence-electron chi connectivity index (χ3n) is 1.44. The van der Waals surface area contributed by atoms with Crippen LogP contribution in [0.25, 0.3) is 0 Å².